The van der Waals surface area contributed by atoms with Gasteiger partial charge in [0.2, 0.25) is 0 Å². The lowest BCUT2D eigenvalue weighted by Gasteiger charge is -2.39. The maximum atomic E-state index is 11.1. The van der Waals surface area contributed by atoms with Crippen LogP contribution < -0.4 is 4.90 Å². The Balaban J connectivity index is 1.91. The van der Waals surface area contributed by atoms with E-state index in [1.807, 2.05) is 11.8 Å². The monoisotopic (exact) mass is 366 g/mol. The van der Waals surface area contributed by atoms with Gasteiger partial charge in [-0.3, -0.25) is 14.7 Å². The Morgan fingerprint density at radius 1 is 1.37 bits per heavy atom. The molecule has 142 valence electrons. The van der Waals surface area contributed by atoms with Crippen LogP contribution in [0.1, 0.15) is 36.5 Å². The van der Waals surface area contributed by atoms with Crippen molar-refractivity contribution in [3.05, 3.63) is 35.0 Å². The molecule has 3 rings (SSSR count). The summed E-state index contributed by atoms with van der Waals surface area (Å²) in [5, 5.41) is 19.8. The number of carboxylic acids is 1. The van der Waals surface area contributed by atoms with Gasteiger partial charge in [0, 0.05) is 30.7 Å². The summed E-state index contributed by atoms with van der Waals surface area (Å²) in [6.07, 6.45) is 3.45. The molecule has 1 saturated heterocycles. The van der Waals surface area contributed by atoms with Crippen molar-refractivity contribution >= 4 is 22.6 Å². The minimum Gasteiger partial charge on any atom is -0.480 e. The van der Waals surface area contributed by atoms with E-state index >= 15 is 0 Å². The second-order valence-corrected chi connectivity index (χ2v) is 7.29. The van der Waals surface area contributed by atoms with Gasteiger partial charge >= 0.3 is 5.97 Å². The third-order valence-corrected chi connectivity index (χ3v) is 5.44. The third kappa shape index (κ3) is 3.88. The average molecular weight is 366 g/mol. The van der Waals surface area contributed by atoms with Crippen LogP contribution in [0.15, 0.2) is 18.3 Å². The Labute approximate surface area is 160 Å². The van der Waals surface area contributed by atoms with Crippen molar-refractivity contribution in [2.75, 3.05) is 31.1 Å². The van der Waals surface area contributed by atoms with Crippen LogP contribution >= 0.6 is 0 Å². The van der Waals surface area contributed by atoms with Crippen LogP contribution in [0.5, 0.6) is 0 Å². The van der Waals surface area contributed by atoms with Gasteiger partial charge in [0.05, 0.1) is 23.3 Å². The molecular weight excluding hydrogens is 340 g/mol. The molecule has 1 aliphatic heterocycles. The van der Waals surface area contributed by atoms with Crippen LogP contribution in [0.3, 0.4) is 0 Å². The first-order chi connectivity index (χ1) is 12.9. The Morgan fingerprint density at radius 3 is 2.67 bits per heavy atom. The highest BCUT2D eigenvalue weighted by Crippen LogP contribution is 2.34. The van der Waals surface area contributed by atoms with E-state index in [4.69, 9.17) is 5.11 Å². The Hall–Kier alpha value is -2.65. The smallest absolute Gasteiger partial charge is 0.317 e. The molecule has 0 amide bonds. The zero-order valence-electron chi connectivity index (χ0n) is 16.2. The van der Waals surface area contributed by atoms with Crippen molar-refractivity contribution in [1.82, 2.24) is 9.88 Å². The normalized spacial score (nSPS) is 15.3. The third-order valence-electron chi connectivity index (χ3n) is 5.44. The predicted molar refractivity (Wildman–Crippen MR) is 106 cm³/mol. The summed E-state index contributed by atoms with van der Waals surface area (Å²) >= 11 is 0. The Kier molecular flexibility index (Phi) is 5.62. The molecular formula is C21H26N4O2. The average Bonchev–Trinajstić information content (AvgIpc) is 2.65. The molecule has 0 saturated carbocycles. The number of nitrogens with zero attached hydrogens (tertiary/aromatic N) is 4. The van der Waals surface area contributed by atoms with E-state index in [1.54, 1.807) is 6.20 Å². The summed E-state index contributed by atoms with van der Waals surface area (Å²) < 4.78 is 0. The fourth-order valence-electron chi connectivity index (χ4n) is 4.20. The summed E-state index contributed by atoms with van der Waals surface area (Å²) in [6.45, 7) is 8.55. The van der Waals surface area contributed by atoms with Gasteiger partial charge in [-0.15, -0.1) is 0 Å². The van der Waals surface area contributed by atoms with Crippen LogP contribution in [0.25, 0.3) is 10.9 Å². The van der Waals surface area contributed by atoms with E-state index in [2.05, 4.69) is 41.9 Å². The van der Waals surface area contributed by atoms with Crippen molar-refractivity contribution in [3.8, 4) is 6.07 Å². The van der Waals surface area contributed by atoms with Crippen molar-refractivity contribution in [2.24, 2.45) is 0 Å². The second-order valence-electron chi connectivity index (χ2n) is 7.29. The number of aliphatic carboxylic acids is 1. The number of benzene rings is 1. The minimum atomic E-state index is -0.780. The van der Waals surface area contributed by atoms with Gasteiger partial charge in [-0.05, 0) is 44.9 Å². The van der Waals surface area contributed by atoms with Crippen molar-refractivity contribution in [1.29, 1.82) is 5.26 Å². The summed E-state index contributed by atoms with van der Waals surface area (Å²) in [5.41, 5.74) is 4.78. The summed E-state index contributed by atoms with van der Waals surface area (Å²) in [4.78, 5) is 19.9. The molecule has 0 aliphatic carbocycles. The molecule has 0 atom stereocenters. The second kappa shape index (κ2) is 7.93. The number of aromatic nitrogens is 1. The predicted octanol–water partition coefficient (Wildman–Crippen LogP) is 3.10. The van der Waals surface area contributed by atoms with Gasteiger partial charge in [-0.1, -0.05) is 18.6 Å². The quantitative estimate of drug-likeness (QED) is 0.876. The van der Waals surface area contributed by atoms with Crippen LogP contribution in [0.2, 0.25) is 0 Å². The zero-order chi connectivity index (χ0) is 19.6. The number of likely N-dealkylation sites (N-methyl/N-ethyl adjacent to an activating group) is 1. The Bertz CT molecular complexity index is 895. The van der Waals surface area contributed by atoms with E-state index in [1.165, 1.54) is 0 Å². The first-order valence-corrected chi connectivity index (χ1v) is 9.45. The Morgan fingerprint density at radius 2 is 2.07 bits per heavy atom. The molecule has 1 aromatic heterocycles. The van der Waals surface area contributed by atoms with Gasteiger partial charge in [-0.25, -0.2) is 0 Å². The molecule has 6 heteroatoms. The van der Waals surface area contributed by atoms with E-state index in [-0.39, 0.29) is 12.6 Å². The van der Waals surface area contributed by atoms with E-state index in [0.717, 1.165) is 60.2 Å². The number of aryl methyl sites for hydroxylation is 2. The molecule has 0 bridgehead atoms. The van der Waals surface area contributed by atoms with Crippen molar-refractivity contribution in [2.45, 2.75) is 39.7 Å². The molecule has 2 heterocycles. The standard InChI is InChI=1S/C21H26N4O2/c1-4-24(13-19(26)27)17-5-7-25(8-6-17)21-16(11-22)12-23-20-15(3)9-14(2)10-18(20)21/h9-10,12,17H,4-8,13H2,1-3H3,(H,26,27). The molecule has 1 aromatic carbocycles. The lowest BCUT2D eigenvalue weighted by atomic mass is 9.98. The summed E-state index contributed by atoms with van der Waals surface area (Å²) in [6, 6.07) is 6.80. The number of carbonyl (C=O) groups is 1. The number of hydrogen-bond acceptors (Lipinski definition) is 5. The van der Waals surface area contributed by atoms with Crippen LogP contribution in [0, 0.1) is 25.2 Å². The number of fused-ring (bicyclic) bond motifs is 1. The minimum absolute atomic E-state index is 0.0845. The zero-order valence-corrected chi connectivity index (χ0v) is 16.2. The maximum absolute atomic E-state index is 11.1. The summed E-state index contributed by atoms with van der Waals surface area (Å²) in [7, 11) is 0. The molecule has 0 unspecified atom stereocenters. The molecule has 6 nitrogen and oxygen atoms in total. The van der Waals surface area contributed by atoms with Gasteiger partial charge in [-0.2, -0.15) is 5.26 Å². The lowest BCUT2D eigenvalue weighted by Crippen LogP contribution is -2.46. The maximum Gasteiger partial charge on any atom is 0.317 e. The highest BCUT2D eigenvalue weighted by atomic mass is 16.4. The van der Waals surface area contributed by atoms with Crippen molar-refractivity contribution in [3.63, 3.8) is 0 Å². The highest BCUT2D eigenvalue weighted by molar-refractivity contribution is 5.96. The van der Waals surface area contributed by atoms with Crippen LogP contribution in [-0.4, -0.2) is 53.2 Å². The number of carboxylic acid groups (broad SMARTS) is 1. The molecule has 0 radical (unpaired) electrons. The number of pyridine rings is 1. The van der Waals surface area contributed by atoms with Crippen LogP contribution in [0.4, 0.5) is 5.69 Å². The number of hydrogen-bond donors (Lipinski definition) is 1. The summed E-state index contributed by atoms with van der Waals surface area (Å²) in [5.74, 6) is -0.780. The first-order valence-electron chi connectivity index (χ1n) is 9.45. The molecule has 27 heavy (non-hydrogen) atoms. The lowest BCUT2D eigenvalue weighted by molar-refractivity contribution is -0.139. The SMILES string of the molecule is CCN(CC(=O)O)C1CCN(c2c(C#N)cnc3c(C)cc(C)cc23)CC1. The van der Waals surface area contributed by atoms with Crippen LogP contribution in [-0.2, 0) is 4.79 Å². The van der Waals surface area contributed by atoms with Gasteiger partial charge < -0.3 is 10.0 Å². The topological polar surface area (TPSA) is 80.5 Å². The van der Waals surface area contributed by atoms with Gasteiger partial charge in [0.1, 0.15) is 6.07 Å². The van der Waals surface area contributed by atoms with E-state index in [0.29, 0.717) is 5.56 Å². The number of piperidine rings is 1. The molecule has 2 aromatic rings. The van der Waals surface area contributed by atoms with E-state index in [9.17, 15) is 10.1 Å². The molecule has 1 aliphatic rings. The van der Waals surface area contributed by atoms with E-state index < -0.39 is 5.97 Å². The van der Waals surface area contributed by atoms with Gasteiger partial charge in [0.15, 0.2) is 0 Å². The number of rotatable bonds is 5. The molecule has 1 fully saturated rings. The fourth-order valence-corrected chi connectivity index (χ4v) is 4.20. The highest BCUT2D eigenvalue weighted by Gasteiger charge is 2.27. The number of nitriles is 1. The van der Waals surface area contributed by atoms with Crippen molar-refractivity contribution < 1.29 is 9.90 Å². The molecule has 0 spiro atoms. The largest absolute Gasteiger partial charge is 0.480 e. The fraction of sp³-hybridized carbons (Fsp3) is 0.476. The van der Waals surface area contributed by atoms with Gasteiger partial charge in [0.25, 0.3) is 0 Å². The molecule has 1 N–H and O–H groups in total. The first kappa shape index (κ1) is 19.1. The number of anilines is 1.